The van der Waals surface area contributed by atoms with Crippen LogP contribution in [0.1, 0.15) is 27.6 Å². The van der Waals surface area contributed by atoms with Gasteiger partial charge in [-0.1, -0.05) is 41.4 Å². The van der Waals surface area contributed by atoms with Crippen molar-refractivity contribution in [3.63, 3.8) is 0 Å². The highest BCUT2D eigenvalue weighted by molar-refractivity contribution is 6.47. The number of hydrogen-bond acceptors (Lipinski definition) is 5. The van der Waals surface area contributed by atoms with Gasteiger partial charge in [0.25, 0.3) is 17.6 Å². The van der Waals surface area contributed by atoms with Crippen LogP contribution < -0.4 is 5.73 Å². The minimum absolute atomic E-state index is 0.0389. The maximum Gasteiger partial charge on any atom is 0.295 e. The van der Waals surface area contributed by atoms with Crippen LogP contribution in [0.2, 0.25) is 10.0 Å². The lowest BCUT2D eigenvalue weighted by Gasteiger charge is -2.39. The van der Waals surface area contributed by atoms with Gasteiger partial charge in [0.1, 0.15) is 0 Å². The molecule has 0 aliphatic carbocycles. The number of aromatic amines is 1. The van der Waals surface area contributed by atoms with Gasteiger partial charge in [-0.25, -0.2) is 0 Å². The summed E-state index contributed by atoms with van der Waals surface area (Å²) in [5.41, 5.74) is 7.43. The molecule has 170 valence electrons. The molecule has 0 unspecified atom stereocenters. The van der Waals surface area contributed by atoms with Gasteiger partial charge in [0.05, 0.1) is 27.0 Å². The third-order valence-corrected chi connectivity index (χ3v) is 6.34. The summed E-state index contributed by atoms with van der Waals surface area (Å²) < 4.78 is 0. The number of nitrogens with one attached hydrogen (secondary N) is 1. The van der Waals surface area contributed by atoms with Crippen LogP contribution in [0.3, 0.4) is 0 Å². The summed E-state index contributed by atoms with van der Waals surface area (Å²) in [5, 5.41) is 6.92. The Morgan fingerprint density at radius 2 is 1.85 bits per heavy atom. The number of anilines is 1. The molecule has 4 rings (SSSR count). The molecule has 3 aromatic rings. The molecule has 1 atom stereocenters. The van der Waals surface area contributed by atoms with Crippen molar-refractivity contribution < 1.29 is 14.4 Å². The van der Waals surface area contributed by atoms with E-state index < -0.39 is 11.7 Å². The number of rotatable bonds is 4. The number of amides is 2. The Bertz CT molecular complexity index is 1210. The van der Waals surface area contributed by atoms with Gasteiger partial charge in [-0.2, -0.15) is 5.10 Å². The van der Waals surface area contributed by atoms with E-state index in [0.29, 0.717) is 29.9 Å². The van der Waals surface area contributed by atoms with E-state index in [1.54, 1.807) is 48.4 Å². The number of nitrogen functional groups attached to an aromatic ring is 1. The van der Waals surface area contributed by atoms with Crippen LogP contribution in [-0.2, 0) is 4.79 Å². The maximum atomic E-state index is 13.1. The van der Waals surface area contributed by atoms with E-state index in [-0.39, 0.29) is 39.8 Å². The number of benzene rings is 2. The fourth-order valence-electron chi connectivity index (χ4n) is 3.91. The Hall–Kier alpha value is -3.36. The SMILES string of the molecule is C[C@@H]1CN(C(=O)c2ccccc2)CCN1C(=O)C(=O)c1cc(Cl)c(-c2cc[nH]n2)c(Cl)c1N. The van der Waals surface area contributed by atoms with Crippen LogP contribution in [0.4, 0.5) is 5.69 Å². The molecule has 2 amide bonds. The van der Waals surface area contributed by atoms with Gasteiger partial charge in [-0.15, -0.1) is 0 Å². The van der Waals surface area contributed by atoms with Crippen LogP contribution >= 0.6 is 23.2 Å². The fraction of sp³-hybridized carbons (Fsp3) is 0.217. The predicted molar refractivity (Wildman–Crippen MR) is 126 cm³/mol. The molecule has 1 fully saturated rings. The van der Waals surface area contributed by atoms with Gasteiger partial charge in [-0.3, -0.25) is 19.5 Å². The first kappa shape index (κ1) is 22.8. The summed E-state index contributed by atoms with van der Waals surface area (Å²) in [6.07, 6.45) is 1.60. The van der Waals surface area contributed by atoms with Crippen LogP contribution in [0.15, 0.2) is 48.7 Å². The van der Waals surface area contributed by atoms with Crippen molar-refractivity contribution in [3.05, 3.63) is 69.8 Å². The maximum absolute atomic E-state index is 13.1. The molecule has 1 aliphatic rings. The summed E-state index contributed by atoms with van der Waals surface area (Å²) in [6.45, 7) is 2.63. The number of Topliss-reactive ketones (excluding diaryl/α,β-unsaturated/α-hetero) is 1. The first-order chi connectivity index (χ1) is 15.8. The van der Waals surface area contributed by atoms with E-state index in [1.807, 2.05) is 6.07 Å². The molecule has 8 nitrogen and oxygen atoms in total. The van der Waals surface area contributed by atoms with Crippen molar-refractivity contribution in [3.8, 4) is 11.3 Å². The monoisotopic (exact) mass is 485 g/mol. The van der Waals surface area contributed by atoms with E-state index in [2.05, 4.69) is 10.2 Å². The lowest BCUT2D eigenvalue weighted by Crippen LogP contribution is -2.56. The Morgan fingerprint density at radius 3 is 2.48 bits per heavy atom. The molecule has 2 aromatic carbocycles. The summed E-state index contributed by atoms with van der Waals surface area (Å²) >= 11 is 12.7. The van der Waals surface area contributed by atoms with Crippen LogP contribution in [-0.4, -0.2) is 63.3 Å². The summed E-state index contributed by atoms with van der Waals surface area (Å²) in [5.74, 6) is -1.64. The average molecular weight is 486 g/mol. The van der Waals surface area contributed by atoms with Crippen molar-refractivity contribution in [2.45, 2.75) is 13.0 Å². The largest absolute Gasteiger partial charge is 0.397 e. The van der Waals surface area contributed by atoms with Crippen molar-refractivity contribution >= 4 is 46.5 Å². The Morgan fingerprint density at radius 1 is 1.12 bits per heavy atom. The zero-order valence-electron chi connectivity index (χ0n) is 17.7. The highest BCUT2D eigenvalue weighted by Crippen LogP contribution is 2.39. The highest BCUT2D eigenvalue weighted by atomic mass is 35.5. The van der Waals surface area contributed by atoms with Crippen molar-refractivity contribution in [1.29, 1.82) is 0 Å². The quantitative estimate of drug-likeness (QED) is 0.333. The van der Waals surface area contributed by atoms with Gasteiger partial charge >= 0.3 is 0 Å². The molecule has 10 heteroatoms. The zero-order chi connectivity index (χ0) is 23.7. The highest BCUT2D eigenvalue weighted by Gasteiger charge is 2.35. The lowest BCUT2D eigenvalue weighted by molar-refractivity contribution is -0.130. The molecule has 3 N–H and O–H groups in total. The van der Waals surface area contributed by atoms with E-state index in [4.69, 9.17) is 28.9 Å². The van der Waals surface area contributed by atoms with Crippen LogP contribution in [0.25, 0.3) is 11.3 Å². The topological polar surface area (TPSA) is 112 Å². The molecule has 33 heavy (non-hydrogen) atoms. The molecule has 0 spiro atoms. The number of aromatic nitrogens is 2. The van der Waals surface area contributed by atoms with Gasteiger partial charge in [-0.05, 0) is 31.2 Å². The molecule has 1 saturated heterocycles. The Balaban J connectivity index is 1.52. The third kappa shape index (κ3) is 4.31. The molecule has 2 heterocycles. The molecule has 0 radical (unpaired) electrons. The minimum Gasteiger partial charge on any atom is -0.397 e. The molecular formula is C23H21Cl2N5O3. The molecule has 1 aromatic heterocycles. The second kappa shape index (κ2) is 9.25. The number of hydrogen-bond donors (Lipinski definition) is 2. The van der Waals surface area contributed by atoms with Gasteiger partial charge in [0.2, 0.25) is 0 Å². The molecule has 0 bridgehead atoms. The van der Waals surface area contributed by atoms with Crippen molar-refractivity contribution in [1.82, 2.24) is 20.0 Å². The summed E-state index contributed by atoms with van der Waals surface area (Å²) in [6, 6.07) is 11.6. The van der Waals surface area contributed by atoms with E-state index in [9.17, 15) is 14.4 Å². The Labute approximate surface area is 200 Å². The summed E-state index contributed by atoms with van der Waals surface area (Å²) in [4.78, 5) is 42.0. The standard InChI is InChI=1S/C23H21Cl2N5O3/c1-13-12-29(22(32)14-5-3-2-4-6-14)9-10-30(13)23(33)21(31)15-11-16(24)18(19(25)20(15)26)17-7-8-27-28-17/h2-8,11,13H,9-10,12,26H2,1H3,(H,27,28)/t13-/m1/s1. The first-order valence-electron chi connectivity index (χ1n) is 10.3. The van der Waals surface area contributed by atoms with Crippen LogP contribution in [0.5, 0.6) is 0 Å². The number of nitrogens with two attached hydrogens (primary N) is 1. The number of carbonyl (C=O) groups excluding carboxylic acids is 3. The number of ketones is 1. The van der Waals surface area contributed by atoms with E-state index >= 15 is 0 Å². The molecular weight excluding hydrogens is 465 g/mol. The number of halogens is 2. The van der Waals surface area contributed by atoms with Gasteiger partial charge < -0.3 is 15.5 Å². The second-order valence-electron chi connectivity index (χ2n) is 7.76. The lowest BCUT2D eigenvalue weighted by atomic mass is 10.0. The smallest absolute Gasteiger partial charge is 0.295 e. The predicted octanol–water partition coefficient (Wildman–Crippen LogP) is 3.52. The number of carbonyl (C=O) groups is 3. The molecule has 1 aliphatic heterocycles. The summed E-state index contributed by atoms with van der Waals surface area (Å²) in [7, 11) is 0. The first-order valence-corrected chi connectivity index (χ1v) is 11.0. The average Bonchev–Trinajstić information content (AvgIpc) is 3.35. The van der Waals surface area contributed by atoms with Crippen molar-refractivity contribution in [2.75, 3.05) is 25.4 Å². The van der Waals surface area contributed by atoms with Gasteiger partial charge in [0, 0.05) is 43.0 Å². The third-order valence-electron chi connectivity index (χ3n) is 5.65. The zero-order valence-corrected chi connectivity index (χ0v) is 19.2. The number of piperazine rings is 1. The Kier molecular flexibility index (Phi) is 6.40. The number of nitrogens with zero attached hydrogens (tertiary/aromatic N) is 3. The van der Waals surface area contributed by atoms with E-state index in [1.165, 1.54) is 11.0 Å². The normalized spacial score (nSPS) is 16.0. The molecule has 0 saturated carbocycles. The fourth-order valence-corrected chi connectivity index (χ4v) is 4.56. The van der Waals surface area contributed by atoms with E-state index in [0.717, 1.165) is 0 Å². The minimum atomic E-state index is -0.806. The van der Waals surface area contributed by atoms with Crippen LogP contribution in [0, 0.1) is 0 Å². The second-order valence-corrected chi connectivity index (χ2v) is 8.55. The van der Waals surface area contributed by atoms with Crippen molar-refractivity contribution in [2.24, 2.45) is 0 Å². The van der Waals surface area contributed by atoms with Gasteiger partial charge in [0.15, 0.2) is 0 Å². The number of H-pyrrole nitrogens is 1.